The lowest BCUT2D eigenvalue weighted by Crippen LogP contribution is -2.31. The van der Waals surface area contributed by atoms with Crippen LogP contribution in [0.25, 0.3) is 0 Å². The zero-order valence-corrected chi connectivity index (χ0v) is 8.02. The number of aromatic carboxylic acids is 1. The third-order valence-corrected chi connectivity index (χ3v) is 1.59. The molecule has 0 aromatic carbocycles. The van der Waals surface area contributed by atoms with Crippen LogP contribution in [-0.4, -0.2) is 33.3 Å². The lowest BCUT2D eigenvalue weighted by Gasteiger charge is -2.16. The van der Waals surface area contributed by atoms with E-state index in [0.717, 1.165) is 19.3 Å². The minimum atomic E-state index is -4.54. The van der Waals surface area contributed by atoms with E-state index in [4.69, 9.17) is 5.11 Å². The molecule has 1 aromatic heterocycles. The van der Waals surface area contributed by atoms with Gasteiger partial charge in [-0.1, -0.05) is 0 Å². The first kappa shape index (κ1) is 12.2. The molecule has 0 bridgehead atoms. The summed E-state index contributed by atoms with van der Waals surface area (Å²) < 4.78 is 40.7. The summed E-state index contributed by atoms with van der Waals surface area (Å²) in [7, 11) is 0. The van der Waals surface area contributed by atoms with E-state index in [1.54, 1.807) is 0 Å². The van der Waals surface area contributed by atoms with Crippen molar-refractivity contribution in [3.63, 3.8) is 0 Å². The maximum Gasteiger partial charge on any atom is 0.425 e. The first-order valence-electron chi connectivity index (χ1n) is 4.09. The number of carboxylic acid groups (broad SMARTS) is 1. The molecular formula is C8H7F3N2O3. The van der Waals surface area contributed by atoms with Crippen molar-refractivity contribution >= 4 is 5.97 Å². The van der Waals surface area contributed by atoms with Gasteiger partial charge < -0.3 is 9.84 Å². The number of ether oxygens (including phenoxy) is 1. The molecule has 0 saturated heterocycles. The van der Waals surface area contributed by atoms with Crippen LogP contribution in [0.3, 0.4) is 0 Å². The molecule has 1 atom stereocenters. The highest BCUT2D eigenvalue weighted by Gasteiger charge is 2.38. The minimum Gasteiger partial charge on any atom is -0.476 e. The number of carboxylic acids is 1. The van der Waals surface area contributed by atoms with Gasteiger partial charge in [0.15, 0.2) is 11.8 Å². The van der Waals surface area contributed by atoms with Crippen LogP contribution < -0.4 is 4.74 Å². The second-order valence-corrected chi connectivity index (χ2v) is 2.85. The van der Waals surface area contributed by atoms with Gasteiger partial charge in [-0.05, 0) is 6.92 Å². The number of halogens is 3. The molecule has 0 radical (unpaired) electrons. The Labute approximate surface area is 87.9 Å². The zero-order valence-electron chi connectivity index (χ0n) is 8.02. The number of aromatic nitrogens is 2. The molecule has 1 N–H and O–H groups in total. The summed E-state index contributed by atoms with van der Waals surface area (Å²) in [5, 5.41) is 8.52. The van der Waals surface area contributed by atoms with Crippen molar-refractivity contribution in [1.82, 2.24) is 9.97 Å². The van der Waals surface area contributed by atoms with Gasteiger partial charge >= 0.3 is 12.1 Å². The van der Waals surface area contributed by atoms with E-state index in [0.29, 0.717) is 0 Å². The van der Waals surface area contributed by atoms with Gasteiger partial charge in [0.2, 0.25) is 5.88 Å². The molecule has 1 rings (SSSR count). The fraction of sp³-hybridized carbons (Fsp3) is 0.375. The van der Waals surface area contributed by atoms with Gasteiger partial charge in [-0.3, -0.25) is 4.98 Å². The monoisotopic (exact) mass is 236 g/mol. The molecule has 0 aliphatic carbocycles. The summed E-state index contributed by atoms with van der Waals surface area (Å²) in [5.41, 5.74) is -0.480. The summed E-state index contributed by atoms with van der Waals surface area (Å²) in [6, 6.07) is 0. The standard InChI is InChI=1S/C8H7F3N2O3/c1-4(8(9,10)11)16-6-3-12-2-5(13-6)7(14)15/h2-4H,1H3,(H,14,15). The van der Waals surface area contributed by atoms with Crippen molar-refractivity contribution in [2.45, 2.75) is 19.2 Å². The molecule has 16 heavy (non-hydrogen) atoms. The summed E-state index contributed by atoms with van der Waals surface area (Å²) >= 11 is 0. The van der Waals surface area contributed by atoms with Gasteiger partial charge in [0.25, 0.3) is 0 Å². The molecule has 88 valence electrons. The van der Waals surface area contributed by atoms with E-state index in [9.17, 15) is 18.0 Å². The number of hydrogen-bond donors (Lipinski definition) is 1. The second-order valence-electron chi connectivity index (χ2n) is 2.85. The van der Waals surface area contributed by atoms with E-state index in [2.05, 4.69) is 14.7 Å². The molecule has 0 aliphatic rings. The topological polar surface area (TPSA) is 72.3 Å². The Morgan fingerprint density at radius 2 is 2.12 bits per heavy atom. The fourth-order valence-corrected chi connectivity index (χ4v) is 0.756. The Kier molecular flexibility index (Phi) is 3.31. The van der Waals surface area contributed by atoms with Crippen LogP contribution in [0, 0.1) is 0 Å². The third-order valence-electron chi connectivity index (χ3n) is 1.59. The van der Waals surface area contributed by atoms with Crippen LogP contribution in [-0.2, 0) is 0 Å². The fourth-order valence-electron chi connectivity index (χ4n) is 0.756. The van der Waals surface area contributed by atoms with Crippen LogP contribution in [0.4, 0.5) is 13.2 Å². The van der Waals surface area contributed by atoms with E-state index in [-0.39, 0.29) is 0 Å². The van der Waals surface area contributed by atoms with Crippen molar-refractivity contribution in [1.29, 1.82) is 0 Å². The molecule has 1 heterocycles. The van der Waals surface area contributed by atoms with Crippen LogP contribution >= 0.6 is 0 Å². The largest absolute Gasteiger partial charge is 0.476 e. The number of rotatable bonds is 3. The number of carbonyl (C=O) groups is 1. The Morgan fingerprint density at radius 1 is 1.50 bits per heavy atom. The van der Waals surface area contributed by atoms with Gasteiger partial charge in [-0.15, -0.1) is 0 Å². The average Bonchev–Trinajstić information content (AvgIpc) is 2.16. The quantitative estimate of drug-likeness (QED) is 0.860. The van der Waals surface area contributed by atoms with Crippen LogP contribution in [0.2, 0.25) is 0 Å². The zero-order chi connectivity index (χ0) is 12.3. The van der Waals surface area contributed by atoms with E-state index in [1.807, 2.05) is 0 Å². The molecule has 0 spiro atoms. The maximum atomic E-state index is 12.1. The van der Waals surface area contributed by atoms with Crippen molar-refractivity contribution in [2.75, 3.05) is 0 Å². The normalized spacial score (nSPS) is 13.2. The lowest BCUT2D eigenvalue weighted by molar-refractivity contribution is -0.190. The van der Waals surface area contributed by atoms with Crippen molar-refractivity contribution in [3.05, 3.63) is 18.1 Å². The number of alkyl halides is 3. The van der Waals surface area contributed by atoms with Crippen LogP contribution in [0.1, 0.15) is 17.4 Å². The molecule has 0 saturated carbocycles. The van der Waals surface area contributed by atoms with E-state index >= 15 is 0 Å². The molecule has 0 fully saturated rings. The lowest BCUT2D eigenvalue weighted by atomic mass is 10.4. The van der Waals surface area contributed by atoms with Crippen molar-refractivity contribution < 1.29 is 27.8 Å². The molecular weight excluding hydrogens is 229 g/mol. The Morgan fingerprint density at radius 3 is 2.62 bits per heavy atom. The van der Waals surface area contributed by atoms with E-state index < -0.39 is 29.8 Å². The molecule has 0 aliphatic heterocycles. The summed E-state index contributed by atoms with van der Waals surface area (Å²) in [6.07, 6.45) is -4.80. The number of nitrogens with zero attached hydrogens (tertiary/aromatic N) is 2. The highest BCUT2D eigenvalue weighted by molar-refractivity contribution is 5.84. The second kappa shape index (κ2) is 4.33. The van der Waals surface area contributed by atoms with Crippen LogP contribution in [0.5, 0.6) is 5.88 Å². The first-order valence-corrected chi connectivity index (χ1v) is 4.09. The minimum absolute atomic E-state index is 0.480. The Bertz CT molecular complexity index is 394. The molecule has 8 heteroatoms. The molecule has 1 unspecified atom stereocenters. The van der Waals surface area contributed by atoms with Gasteiger partial charge in [0.05, 0.1) is 12.4 Å². The highest BCUT2D eigenvalue weighted by atomic mass is 19.4. The summed E-state index contributed by atoms with van der Waals surface area (Å²) in [5.74, 6) is -1.87. The SMILES string of the molecule is CC(Oc1cncc(C(=O)O)n1)C(F)(F)F. The predicted octanol–water partition coefficient (Wildman–Crippen LogP) is 1.50. The molecule has 5 nitrogen and oxygen atoms in total. The maximum absolute atomic E-state index is 12.1. The van der Waals surface area contributed by atoms with Crippen molar-refractivity contribution in [3.8, 4) is 5.88 Å². The average molecular weight is 236 g/mol. The predicted molar refractivity (Wildman–Crippen MR) is 45.1 cm³/mol. The summed E-state index contributed by atoms with van der Waals surface area (Å²) in [4.78, 5) is 17.2. The molecule has 1 aromatic rings. The molecule has 0 amide bonds. The Hall–Kier alpha value is -1.86. The van der Waals surface area contributed by atoms with Gasteiger partial charge in [0.1, 0.15) is 0 Å². The highest BCUT2D eigenvalue weighted by Crippen LogP contribution is 2.23. The third kappa shape index (κ3) is 3.07. The van der Waals surface area contributed by atoms with Gasteiger partial charge in [-0.25, -0.2) is 9.78 Å². The number of hydrogen-bond acceptors (Lipinski definition) is 4. The van der Waals surface area contributed by atoms with Crippen LogP contribution in [0.15, 0.2) is 12.4 Å². The van der Waals surface area contributed by atoms with E-state index in [1.165, 1.54) is 0 Å². The summed E-state index contributed by atoms with van der Waals surface area (Å²) in [6.45, 7) is 0.787. The van der Waals surface area contributed by atoms with Gasteiger partial charge in [0, 0.05) is 0 Å². The van der Waals surface area contributed by atoms with Crippen molar-refractivity contribution in [2.24, 2.45) is 0 Å². The smallest absolute Gasteiger partial charge is 0.425 e. The van der Waals surface area contributed by atoms with Gasteiger partial charge in [-0.2, -0.15) is 13.2 Å². The Balaban J connectivity index is 2.82. The first-order chi connectivity index (χ1) is 7.30.